The van der Waals surface area contributed by atoms with Crippen molar-refractivity contribution >= 4 is 29.4 Å². The fourth-order valence-electron chi connectivity index (χ4n) is 2.90. The molecule has 0 saturated heterocycles. The molecular weight excluding hydrogens is 368 g/mol. The maximum Gasteiger partial charge on any atom is 0.339 e. The first-order valence-electron chi connectivity index (χ1n) is 8.52. The normalized spacial score (nSPS) is 18.2. The number of fused-ring (bicyclic) bond motifs is 1. The minimum Gasteiger partial charge on any atom is -0.445 e. The SMILES string of the molecule is CC1(C(=O)NCCNC(=O)c2ccc(Cl)cc2)Cc2ccccc2C(=O)O1. The molecule has 2 N–H and O–H groups in total. The standard InChI is InChI=1S/C20H19ClN2O4/c1-20(12-14-4-2-3-5-16(14)18(25)27-20)19(26)23-11-10-22-17(24)13-6-8-15(21)9-7-13/h2-9H,10-12H2,1H3,(H,22,24)(H,23,26). The number of rotatable bonds is 5. The van der Waals surface area contributed by atoms with Gasteiger partial charge < -0.3 is 15.4 Å². The molecule has 140 valence electrons. The summed E-state index contributed by atoms with van der Waals surface area (Å²) in [4.78, 5) is 36.7. The monoisotopic (exact) mass is 386 g/mol. The number of nitrogens with one attached hydrogen (secondary N) is 2. The van der Waals surface area contributed by atoms with E-state index in [4.69, 9.17) is 16.3 Å². The number of ether oxygens (including phenoxy) is 1. The van der Waals surface area contributed by atoms with E-state index < -0.39 is 17.5 Å². The first-order chi connectivity index (χ1) is 12.9. The third-order valence-electron chi connectivity index (χ3n) is 4.37. The molecule has 0 fully saturated rings. The first kappa shape index (κ1) is 18.9. The van der Waals surface area contributed by atoms with Gasteiger partial charge in [0.1, 0.15) is 0 Å². The lowest BCUT2D eigenvalue weighted by Crippen LogP contribution is -2.52. The van der Waals surface area contributed by atoms with Crippen molar-refractivity contribution in [2.45, 2.75) is 18.9 Å². The van der Waals surface area contributed by atoms with E-state index >= 15 is 0 Å². The van der Waals surface area contributed by atoms with Crippen LogP contribution in [-0.2, 0) is 16.0 Å². The molecule has 0 radical (unpaired) electrons. The summed E-state index contributed by atoms with van der Waals surface area (Å²) in [5.74, 6) is -1.17. The molecule has 2 aromatic rings. The molecular formula is C20H19ClN2O4. The van der Waals surface area contributed by atoms with Gasteiger partial charge in [-0.15, -0.1) is 0 Å². The fraction of sp³-hybridized carbons (Fsp3) is 0.250. The molecule has 0 bridgehead atoms. The highest BCUT2D eigenvalue weighted by Crippen LogP contribution is 2.28. The van der Waals surface area contributed by atoms with Crippen molar-refractivity contribution in [2.75, 3.05) is 13.1 Å². The second kappa shape index (κ2) is 7.80. The third-order valence-corrected chi connectivity index (χ3v) is 4.62. The van der Waals surface area contributed by atoms with E-state index in [1.807, 2.05) is 12.1 Å². The summed E-state index contributed by atoms with van der Waals surface area (Å²) >= 11 is 5.79. The number of hydrogen-bond acceptors (Lipinski definition) is 4. The molecule has 1 unspecified atom stereocenters. The number of esters is 1. The molecule has 1 aliphatic rings. The Hall–Kier alpha value is -2.86. The Morgan fingerprint density at radius 1 is 1.07 bits per heavy atom. The first-order valence-corrected chi connectivity index (χ1v) is 8.90. The maximum atomic E-state index is 12.5. The summed E-state index contributed by atoms with van der Waals surface area (Å²) in [5, 5.41) is 5.97. The van der Waals surface area contributed by atoms with E-state index in [2.05, 4.69) is 10.6 Å². The molecule has 0 aliphatic carbocycles. The van der Waals surface area contributed by atoms with Crippen LogP contribution in [0.1, 0.15) is 33.2 Å². The summed E-state index contributed by atoms with van der Waals surface area (Å²) in [5.41, 5.74) is 0.474. The van der Waals surface area contributed by atoms with Gasteiger partial charge in [-0.05, 0) is 42.8 Å². The summed E-state index contributed by atoms with van der Waals surface area (Å²) in [6.45, 7) is 2.04. The van der Waals surface area contributed by atoms with E-state index in [9.17, 15) is 14.4 Å². The molecule has 2 aromatic carbocycles. The van der Waals surface area contributed by atoms with Gasteiger partial charge in [0.2, 0.25) is 0 Å². The second-order valence-corrected chi connectivity index (χ2v) is 6.91. The van der Waals surface area contributed by atoms with Gasteiger partial charge in [-0.2, -0.15) is 0 Å². The average Bonchev–Trinajstić information content (AvgIpc) is 2.65. The Balaban J connectivity index is 1.51. The van der Waals surface area contributed by atoms with Gasteiger partial charge in [-0.25, -0.2) is 4.79 Å². The van der Waals surface area contributed by atoms with Crippen LogP contribution in [0.3, 0.4) is 0 Å². The lowest BCUT2D eigenvalue weighted by molar-refractivity contribution is -0.139. The van der Waals surface area contributed by atoms with Gasteiger partial charge >= 0.3 is 5.97 Å². The van der Waals surface area contributed by atoms with Crippen LogP contribution < -0.4 is 10.6 Å². The van der Waals surface area contributed by atoms with Gasteiger partial charge in [-0.3, -0.25) is 9.59 Å². The smallest absolute Gasteiger partial charge is 0.339 e. The van der Waals surface area contributed by atoms with Crippen molar-refractivity contribution < 1.29 is 19.1 Å². The van der Waals surface area contributed by atoms with Gasteiger partial charge in [-0.1, -0.05) is 29.8 Å². The quantitative estimate of drug-likeness (QED) is 0.610. The number of hydrogen-bond donors (Lipinski definition) is 2. The Morgan fingerprint density at radius 2 is 1.74 bits per heavy atom. The molecule has 27 heavy (non-hydrogen) atoms. The van der Waals surface area contributed by atoms with Crippen LogP contribution in [0.5, 0.6) is 0 Å². The van der Waals surface area contributed by atoms with Crippen LogP contribution >= 0.6 is 11.6 Å². The van der Waals surface area contributed by atoms with Crippen molar-refractivity contribution in [1.82, 2.24) is 10.6 Å². The summed E-state index contributed by atoms with van der Waals surface area (Å²) in [6, 6.07) is 13.6. The fourth-order valence-corrected chi connectivity index (χ4v) is 3.03. The summed E-state index contributed by atoms with van der Waals surface area (Å²) < 4.78 is 5.37. The predicted molar refractivity (Wildman–Crippen MR) is 101 cm³/mol. The molecule has 0 aromatic heterocycles. The Kier molecular flexibility index (Phi) is 5.46. The molecule has 6 nitrogen and oxygen atoms in total. The minimum absolute atomic E-state index is 0.215. The highest BCUT2D eigenvalue weighted by Gasteiger charge is 2.42. The molecule has 0 spiro atoms. The number of carbonyl (C=O) groups is 3. The third kappa shape index (κ3) is 4.28. The van der Waals surface area contributed by atoms with Crippen LogP contribution in [0.4, 0.5) is 0 Å². The number of amides is 2. The van der Waals surface area contributed by atoms with Crippen molar-refractivity contribution in [1.29, 1.82) is 0 Å². The highest BCUT2D eigenvalue weighted by atomic mass is 35.5. The van der Waals surface area contributed by atoms with E-state index in [0.29, 0.717) is 22.6 Å². The molecule has 1 atom stereocenters. The van der Waals surface area contributed by atoms with Crippen molar-refractivity contribution in [2.24, 2.45) is 0 Å². The molecule has 1 heterocycles. The topological polar surface area (TPSA) is 84.5 Å². The van der Waals surface area contributed by atoms with Crippen LogP contribution in [0.15, 0.2) is 48.5 Å². The lowest BCUT2D eigenvalue weighted by atomic mass is 9.89. The van der Waals surface area contributed by atoms with Crippen LogP contribution in [0.2, 0.25) is 5.02 Å². The molecule has 3 rings (SSSR count). The number of benzene rings is 2. The number of carbonyl (C=O) groups excluding carboxylic acids is 3. The zero-order valence-corrected chi connectivity index (χ0v) is 15.5. The molecule has 1 aliphatic heterocycles. The molecule has 7 heteroatoms. The average molecular weight is 387 g/mol. The molecule has 0 saturated carbocycles. The highest BCUT2D eigenvalue weighted by molar-refractivity contribution is 6.30. The van der Waals surface area contributed by atoms with E-state index in [0.717, 1.165) is 5.56 Å². The van der Waals surface area contributed by atoms with Crippen molar-refractivity contribution in [3.63, 3.8) is 0 Å². The zero-order chi connectivity index (χ0) is 19.4. The number of cyclic esters (lactones) is 1. The minimum atomic E-state index is -1.27. The van der Waals surface area contributed by atoms with Crippen LogP contribution in [0.25, 0.3) is 0 Å². The summed E-state index contributed by atoms with van der Waals surface area (Å²) in [6.07, 6.45) is 0.303. The Bertz CT molecular complexity index is 882. The van der Waals surface area contributed by atoms with Gasteiger partial charge in [0.25, 0.3) is 11.8 Å². The van der Waals surface area contributed by atoms with Crippen molar-refractivity contribution in [3.05, 3.63) is 70.2 Å². The Labute approximate surface area is 161 Å². The largest absolute Gasteiger partial charge is 0.445 e. The van der Waals surface area contributed by atoms with E-state index in [-0.39, 0.29) is 19.0 Å². The van der Waals surface area contributed by atoms with Gasteiger partial charge in [0, 0.05) is 30.1 Å². The predicted octanol–water partition coefficient (Wildman–Crippen LogP) is 2.36. The van der Waals surface area contributed by atoms with Crippen molar-refractivity contribution in [3.8, 4) is 0 Å². The zero-order valence-electron chi connectivity index (χ0n) is 14.8. The Morgan fingerprint density at radius 3 is 2.48 bits per heavy atom. The van der Waals surface area contributed by atoms with E-state index in [1.54, 1.807) is 43.3 Å². The van der Waals surface area contributed by atoms with Crippen LogP contribution in [-0.4, -0.2) is 36.5 Å². The second-order valence-electron chi connectivity index (χ2n) is 6.47. The van der Waals surface area contributed by atoms with Crippen LogP contribution in [0, 0.1) is 0 Å². The van der Waals surface area contributed by atoms with Gasteiger partial charge in [0.15, 0.2) is 5.60 Å². The lowest BCUT2D eigenvalue weighted by Gasteiger charge is -2.33. The number of halogens is 1. The summed E-state index contributed by atoms with van der Waals surface area (Å²) in [7, 11) is 0. The van der Waals surface area contributed by atoms with Gasteiger partial charge in [0.05, 0.1) is 5.56 Å². The van der Waals surface area contributed by atoms with E-state index in [1.165, 1.54) is 0 Å². The maximum absolute atomic E-state index is 12.5. The molecule has 2 amide bonds.